The molecule has 8 unspecified atom stereocenters. The van der Waals surface area contributed by atoms with Crippen molar-refractivity contribution in [1.29, 1.82) is 0 Å². The van der Waals surface area contributed by atoms with E-state index in [1.54, 1.807) is 0 Å². The maximum absolute atomic E-state index is 12.7. The Labute approximate surface area is 338 Å². The van der Waals surface area contributed by atoms with E-state index in [-0.39, 0.29) is 42.2 Å². The number of nitrogens with one attached hydrogen (secondary N) is 2. The number of thioether (sulfide) groups is 1. The van der Waals surface area contributed by atoms with Gasteiger partial charge in [0.05, 0.1) is 32.4 Å². The number of anilines is 1. The summed E-state index contributed by atoms with van der Waals surface area (Å²) in [4.78, 5) is 110. The molecular formula is C28H44N7O20P3S. The third-order valence-electron chi connectivity index (χ3n) is 8.11. The number of nitrogens with zero attached hydrogens (tertiary/aromatic N) is 4. The number of hydrogen-bond acceptors (Lipinski definition) is 20. The molecule has 59 heavy (non-hydrogen) atoms. The Balaban J connectivity index is 1.45. The molecule has 0 aromatic carbocycles. The molecule has 11 N–H and O–H groups in total. The van der Waals surface area contributed by atoms with E-state index in [0.717, 1.165) is 29.0 Å². The third-order valence-corrected chi connectivity index (χ3v) is 12.1. The molecule has 27 nitrogen and oxygen atoms in total. The number of carboxylic acid groups (broad SMARTS) is 1. The lowest BCUT2D eigenvalue weighted by atomic mass is 9.87. The molecule has 1 aliphatic heterocycles. The highest BCUT2D eigenvalue weighted by Gasteiger charge is 2.50. The van der Waals surface area contributed by atoms with Crippen LogP contribution in [0.1, 0.15) is 46.3 Å². The van der Waals surface area contributed by atoms with E-state index in [4.69, 9.17) is 24.6 Å². The molecule has 3 rings (SSSR count). The molecule has 0 radical (unpaired) electrons. The molecule has 0 saturated carbocycles. The molecule has 332 valence electrons. The number of phosphoric ester groups is 3. The van der Waals surface area contributed by atoms with E-state index < -0.39 is 120 Å². The lowest BCUT2D eigenvalue weighted by Gasteiger charge is -2.30. The average Bonchev–Trinajstić information content (AvgIpc) is 3.67. The minimum Gasteiger partial charge on any atom is -0.481 e. The van der Waals surface area contributed by atoms with E-state index in [1.807, 2.05) is 0 Å². The largest absolute Gasteiger partial charge is 0.481 e. The molecule has 0 aliphatic carbocycles. The molecule has 1 fully saturated rings. The second-order valence-electron chi connectivity index (χ2n) is 13.4. The summed E-state index contributed by atoms with van der Waals surface area (Å²) >= 11 is 0.767. The monoisotopic (exact) mass is 923 g/mol. The summed E-state index contributed by atoms with van der Waals surface area (Å²) in [6.07, 6.45) is -8.05. The number of aliphatic hydroxyl groups is 2. The van der Waals surface area contributed by atoms with E-state index in [9.17, 15) is 67.5 Å². The van der Waals surface area contributed by atoms with Gasteiger partial charge in [0.15, 0.2) is 22.8 Å². The number of nitrogens with two attached hydrogens (primary N) is 1. The molecule has 8 atom stereocenters. The van der Waals surface area contributed by atoms with Crippen LogP contribution in [-0.2, 0) is 60.3 Å². The number of nitrogen functional groups attached to an aromatic ring is 1. The SMILES string of the molecule is CC(CC(=O)O)C(=O)CC(=O)SCCNC(=O)CCNC(=O)C(O)C(C)(C)COP(=O)(O)OP(=O)(O)OCC1OC(n2cnc3c(N)ncnc32)C(O)C1OP(=O)(O)O. The summed E-state index contributed by atoms with van der Waals surface area (Å²) in [6, 6.07) is 0. The second kappa shape index (κ2) is 21.0. The summed E-state index contributed by atoms with van der Waals surface area (Å²) < 4.78 is 62.0. The number of carbonyl (C=O) groups is 5. The summed E-state index contributed by atoms with van der Waals surface area (Å²) in [6.45, 7) is 1.47. The van der Waals surface area contributed by atoms with Crippen molar-refractivity contribution in [1.82, 2.24) is 30.2 Å². The minimum atomic E-state index is -5.60. The fourth-order valence-electron chi connectivity index (χ4n) is 5.04. The zero-order valence-electron chi connectivity index (χ0n) is 31.3. The summed E-state index contributed by atoms with van der Waals surface area (Å²) in [5.41, 5.74) is 4.17. The molecule has 31 heteroatoms. The smallest absolute Gasteiger partial charge is 0.481 e. The zero-order chi connectivity index (χ0) is 44.5. The highest BCUT2D eigenvalue weighted by atomic mass is 32.2. The van der Waals surface area contributed by atoms with Gasteiger partial charge in [-0.3, -0.25) is 42.1 Å². The lowest BCUT2D eigenvalue weighted by molar-refractivity contribution is -0.140. The Morgan fingerprint density at radius 2 is 1.69 bits per heavy atom. The van der Waals surface area contributed by atoms with E-state index in [2.05, 4.69) is 34.4 Å². The van der Waals surface area contributed by atoms with Gasteiger partial charge < -0.3 is 56.0 Å². The first kappa shape index (κ1) is 50.1. The quantitative estimate of drug-likeness (QED) is 0.0333. The first-order valence-corrected chi connectivity index (χ1v) is 22.5. The van der Waals surface area contributed by atoms with Gasteiger partial charge in [0, 0.05) is 36.6 Å². The van der Waals surface area contributed by atoms with Crippen LogP contribution in [0.5, 0.6) is 0 Å². The lowest BCUT2D eigenvalue weighted by Crippen LogP contribution is -2.46. The number of aliphatic hydroxyl groups excluding tert-OH is 2. The third kappa shape index (κ3) is 15.6. The van der Waals surface area contributed by atoms with Crippen LogP contribution < -0.4 is 16.4 Å². The van der Waals surface area contributed by atoms with Gasteiger partial charge in [0.1, 0.15) is 42.0 Å². The maximum atomic E-state index is 12.7. The number of rotatable bonds is 24. The number of fused-ring (bicyclic) bond motifs is 1. The van der Waals surface area contributed by atoms with Crippen molar-refractivity contribution in [3.63, 3.8) is 0 Å². The van der Waals surface area contributed by atoms with E-state index in [1.165, 1.54) is 20.8 Å². The molecule has 1 aliphatic rings. The minimum absolute atomic E-state index is 0.0140. The van der Waals surface area contributed by atoms with Crippen LogP contribution in [0.25, 0.3) is 11.2 Å². The number of Topliss-reactive ketones (excluding diaryl/α,β-unsaturated/α-hetero) is 1. The normalized spacial score (nSPS) is 21.6. The van der Waals surface area contributed by atoms with Crippen molar-refractivity contribution in [2.75, 3.05) is 37.8 Å². The number of hydrogen-bond donors (Lipinski definition) is 10. The van der Waals surface area contributed by atoms with Gasteiger partial charge in [-0.1, -0.05) is 32.5 Å². The Hall–Kier alpha value is -3.30. The number of carbonyl (C=O) groups excluding carboxylic acids is 4. The number of aliphatic carboxylic acids is 1. The maximum Gasteiger partial charge on any atom is 0.481 e. The van der Waals surface area contributed by atoms with Crippen molar-refractivity contribution >= 4 is 80.9 Å². The van der Waals surface area contributed by atoms with Gasteiger partial charge in [-0.15, -0.1) is 0 Å². The van der Waals surface area contributed by atoms with Crippen LogP contribution in [0.2, 0.25) is 0 Å². The zero-order valence-corrected chi connectivity index (χ0v) is 34.8. The van der Waals surface area contributed by atoms with Crippen LogP contribution in [-0.4, -0.2) is 140 Å². The first-order chi connectivity index (χ1) is 27.2. The topological polar surface area (TPSA) is 418 Å². The van der Waals surface area contributed by atoms with Crippen LogP contribution in [0.15, 0.2) is 12.7 Å². The molecule has 0 bridgehead atoms. The Morgan fingerprint density at radius 3 is 2.34 bits per heavy atom. The van der Waals surface area contributed by atoms with Crippen molar-refractivity contribution < 1.29 is 95.2 Å². The van der Waals surface area contributed by atoms with Gasteiger partial charge in [-0.2, -0.15) is 4.31 Å². The number of imidazole rings is 1. The van der Waals surface area contributed by atoms with Crippen molar-refractivity contribution in [2.24, 2.45) is 11.3 Å². The Kier molecular flexibility index (Phi) is 17.8. The Bertz CT molecular complexity index is 2000. The van der Waals surface area contributed by atoms with Crippen LogP contribution in [0.4, 0.5) is 5.82 Å². The molecule has 3 heterocycles. The van der Waals surface area contributed by atoms with Crippen molar-refractivity contribution in [3.8, 4) is 0 Å². The summed E-state index contributed by atoms with van der Waals surface area (Å²) in [7, 11) is -16.5. The highest BCUT2D eigenvalue weighted by molar-refractivity contribution is 8.13. The van der Waals surface area contributed by atoms with Gasteiger partial charge in [0.25, 0.3) is 0 Å². The Morgan fingerprint density at radius 1 is 1.03 bits per heavy atom. The van der Waals surface area contributed by atoms with Gasteiger partial charge in [-0.25, -0.2) is 28.6 Å². The molecule has 2 aromatic heterocycles. The highest BCUT2D eigenvalue weighted by Crippen LogP contribution is 2.61. The van der Waals surface area contributed by atoms with Crippen LogP contribution in [0.3, 0.4) is 0 Å². The number of carboxylic acids is 1. The fourth-order valence-corrected chi connectivity index (χ4v) is 8.54. The summed E-state index contributed by atoms with van der Waals surface area (Å²) in [5, 5.41) is 34.4. The molecule has 2 aromatic rings. The van der Waals surface area contributed by atoms with E-state index in [0.29, 0.717) is 0 Å². The number of ketones is 1. The molecular weight excluding hydrogens is 879 g/mol. The molecule has 1 saturated heterocycles. The van der Waals surface area contributed by atoms with Crippen molar-refractivity contribution in [3.05, 3.63) is 12.7 Å². The first-order valence-electron chi connectivity index (χ1n) is 17.0. The predicted molar refractivity (Wildman–Crippen MR) is 198 cm³/mol. The average molecular weight is 924 g/mol. The number of aromatic nitrogens is 4. The molecule has 2 amide bonds. The summed E-state index contributed by atoms with van der Waals surface area (Å²) in [5.74, 6) is -4.06. The van der Waals surface area contributed by atoms with Gasteiger partial charge in [-0.05, 0) is 0 Å². The van der Waals surface area contributed by atoms with Gasteiger partial charge in [0.2, 0.25) is 11.8 Å². The standard InChI is InChI=1S/C28H44N7O20P3S/c1-14(8-18(38)39)15(36)9-19(40)59-7-6-30-17(37)4-5-31-26(43)23(42)28(2,3)11-52-58(49,50)55-57(47,48)51-10-16-22(54-56(44,45)46)21(41)27(53-16)35-13-34-20-24(29)32-12-33-25(20)35/h12-14,16,21-23,27,41-42H,4-11H2,1-3H3,(H,30,37)(H,31,43)(H,38,39)(H,47,48)(H,49,50)(H2,29,32,33)(H2,44,45,46). The number of ether oxygens (including phenoxy) is 1. The number of phosphoric acid groups is 3. The predicted octanol–water partition coefficient (Wildman–Crippen LogP) is -1.27. The van der Waals surface area contributed by atoms with Crippen LogP contribution in [0, 0.1) is 11.3 Å². The number of amides is 2. The second-order valence-corrected chi connectivity index (χ2v) is 18.8. The van der Waals surface area contributed by atoms with Crippen molar-refractivity contribution in [2.45, 2.75) is 70.7 Å². The fraction of sp³-hybridized carbons (Fsp3) is 0.643. The molecule has 0 spiro atoms. The van der Waals surface area contributed by atoms with Crippen LogP contribution >= 0.6 is 35.2 Å². The van der Waals surface area contributed by atoms with Gasteiger partial charge >= 0.3 is 29.4 Å². The van der Waals surface area contributed by atoms with E-state index >= 15 is 0 Å².